The SMILES string of the molecule is CC(C)(C(=O)O)n1nnc(C(=O)O)c1/C=C/c1ccccc1. The molecule has 0 aliphatic heterocycles. The molecule has 0 aliphatic carbocycles. The molecule has 0 radical (unpaired) electrons. The summed E-state index contributed by atoms with van der Waals surface area (Å²) in [7, 11) is 0. The van der Waals surface area contributed by atoms with Gasteiger partial charge in [0, 0.05) is 0 Å². The van der Waals surface area contributed by atoms with E-state index in [0.29, 0.717) is 0 Å². The molecule has 0 atom stereocenters. The summed E-state index contributed by atoms with van der Waals surface area (Å²) in [6.07, 6.45) is 3.18. The van der Waals surface area contributed by atoms with Crippen LogP contribution in [0.5, 0.6) is 0 Å². The van der Waals surface area contributed by atoms with Crippen LogP contribution in [0, 0.1) is 0 Å². The topological polar surface area (TPSA) is 105 Å². The van der Waals surface area contributed by atoms with Crippen LogP contribution in [0.1, 0.15) is 35.6 Å². The Morgan fingerprint density at radius 2 is 1.77 bits per heavy atom. The van der Waals surface area contributed by atoms with E-state index in [9.17, 15) is 19.8 Å². The summed E-state index contributed by atoms with van der Waals surface area (Å²) in [6.45, 7) is 2.85. The van der Waals surface area contributed by atoms with Crippen molar-refractivity contribution in [3.05, 3.63) is 47.3 Å². The van der Waals surface area contributed by atoms with Gasteiger partial charge >= 0.3 is 11.9 Å². The molecular formula is C15H15N3O4. The van der Waals surface area contributed by atoms with Crippen LogP contribution in [0.3, 0.4) is 0 Å². The third kappa shape index (κ3) is 2.88. The molecule has 0 amide bonds. The summed E-state index contributed by atoms with van der Waals surface area (Å²) in [5.74, 6) is -2.40. The predicted octanol–water partition coefficient (Wildman–Crippen LogP) is 1.97. The summed E-state index contributed by atoms with van der Waals surface area (Å²) >= 11 is 0. The number of aromatic carboxylic acids is 1. The van der Waals surface area contributed by atoms with E-state index in [1.54, 1.807) is 6.08 Å². The van der Waals surface area contributed by atoms with Crippen LogP contribution in [0.25, 0.3) is 12.2 Å². The van der Waals surface area contributed by atoms with Crippen molar-refractivity contribution >= 4 is 24.1 Å². The van der Waals surface area contributed by atoms with E-state index < -0.39 is 17.5 Å². The Morgan fingerprint density at radius 1 is 1.14 bits per heavy atom. The molecule has 1 aromatic carbocycles. The second-order valence-electron chi connectivity index (χ2n) is 5.15. The predicted molar refractivity (Wildman–Crippen MR) is 79.3 cm³/mol. The molecule has 2 aromatic rings. The Bertz CT molecular complexity index is 733. The highest BCUT2D eigenvalue weighted by Gasteiger charge is 2.34. The zero-order valence-electron chi connectivity index (χ0n) is 12.1. The lowest BCUT2D eigenvalue weighted by Gasteiger charge is -2.20. The molecule has 1 heterocycles. The maximum atomic E-state index is 11.4. The number of hydrogen-bond acceptors (Lipinski definition) is 4. The number of aliphatic carboxylic acids is 1. The maximum absolute atomic E-state index is 11.4. The lowest BCUT2D eigenvalue weighted by Crippen LogP contribution is -2.37. The van der Waals surface area contributed by atoms with Gasteiger partial charge in [-0.3, -0.25) is 0 Å². The van der Waals surface area contributed by atoms with Crippen molar-refractivity contribution in [3.8, 4) is 0 Å². The van der Waals surface area contributed by atoms with E-state index >= 15 is 0 Å². The lowest BCUT2D eigenvalue weighted by molar-refractivity contribution is -0.146. The van der Waals surface area contributed by atoms with E-state index in [1.165, 1.54) is 19.9 Å². The van der Waals surface area contributed by atoms with E-state index in [-0.39, 0.29) is 11.4 Å². The van der Waals surface area contributed by atoms with Crippen LogP contribution in [0.15, 0.2) is 30.3 Å². The van der Waals surface area contributed by atoms with E-state index in [1.807, 2.05) is 30.3 Å². The van der Waals surface area contributed by atoms with Crippen molar-refractivity contribution in [2.45, 2.75) is 19.4 Å². The molecule has 0 spiro atoms. The van der Waals surface area contributed by atoms with E-state index in [4.69, 9.17) is 0 Å². The highest BCUT2D eigenvalue weighted by molar-refractivity contribution is 5.91. The quantitative estimate of drug-likeness (QED) is 0.874. The molecule has 0 fully saturated rings. The average molecular weight is 301 g/mol. The molecule has 0 saturated carbocycles. The molecule has 114 valence electrons. The zero-order chi connectivity index (χ0) is 16.3. The Balaban J connectivity index is 2.53. The Kier molecular flexibility index (Phi) is 4.07. The number of nitrogens with zero attached hydrogens (tertiary/aromatic N) is 3. The minimum absolute atomic E-state index is 0.128. The summed E-state index contributed by atoms with van der Waals surface area (Å²) in [5.41, 5.74) is -0.734. The number of rotatable bonds is 5. The number of hydrogen-bond donors (Lipinski definition) is 2. The van der Waals surface area contributed by atoms with Crippen LogP contribution in [0.2, 0.25) is 0 Å². The minimum Gasteiger partial charge on any atom is -0.479 e. The summed E-state index contributed by atoms with van der Waals surface area (Å²) < 4.78 is 1.10. The summed E-state index contributed by atoms with van der Waals surface area (Å²) in [5, 5.41) is 25.7. The molecular weight excluding hydrogens is 286 g/mol. The molecule has 0 saturated heterocycles. The molecule has 7 nitrogen and oxygen atoms in total. The molecule has 2 rings (SSSR count). The molecule has 2 N–H and O–H groups in total. The Labute approximate surface area is 126 Å². The van der Waals surface area contributed by atoms with Gasteiger partial charge in [-0.1, -0.05) is 41.6 Å². The van der Waals surface area contributed by atoms with Gasteiger partial charge in [0.05, 0.1) is 5.69 Å². The largest absolute Gasteiger partial charge is 0.479 e. The van der Waals surface area contributed by atoms with Gasteiger partial charge in [0.25, 0.3) is 0 Å². The van der Waals surface area contributed by atoms with Gasteiger partial charge in [0.1, 0.15) is 0 Å². The first-order valence-electron chi connectivity index (χ1n) is 6.50. The zero-order valence-corrected chi connectivity index (χ0v) is 12.1. The monoisotopic (exact) mass is 301 g/mol. The fraction of sp³-hybridized carbons (Fsp3) is 0.200. The fourth-order valence-corrected chi connectivity index (χ4v) is 1.83. The molecule has 0 aliphatic rings. The smallest absolute Gasteiger partial charge is 0.358 e. The highest BCUT2D eigenvalue weighted by Crippen LogP contribution is 2.21. The van der Waals surface area contributed by atoms with Crippen LogP contribution >= 0.6 is 0 Å². The fourth-order valence-electron chi connectivity index (χ4n) is 1.83. The van der Waals surface area contributed by atoms with Gasteiger partial charge in [-0.2, -0.15) is 0 Å². The second-order valence-corrected chi connectivity index (χ2v) is 5.15. The van der Waals surface area contributed by atoms with Gasteiger partial charge in [0.2, 0.25) is 0 Å². The standard InChI is InChI=1S/C15H15N3O4/c1-15(2,14(21)22)18-11(12(13(19)20)16-17-18)9-8-10-6-4-3-5-7-10/h3-9H,1-2H3,(H,19,20)(H,21,22)/b9-8+. The van der Waals surface area contributed by atoms with Crippen molar-refractivity contribution in [3.63, 3.8) is 0 Å². The number of aromatic nitrogens is 3. The number of benzene rings is 1. The third-order valence-corrected chi connectivity index (χ3v) is 3.19. The highest BCUT2D eigenvalue weighted by atomic mass is 16.4. The van der Waals surface area contributed by atoms with Crippen molar-refractivity contribution < 1.29 is 19.8 Å². The molecule has 0 bridgehead atoms. The average Bonchev–Trinajstić information content (AvgIpc) is 2.90. The van der Waals surface area contributed by atoms with Crippen molar-refractivity contribution in [2.75, 3.05) is 0 Å². The van der Waals surface area contributed by atoms with Crippen molar-refractivity contribution in [1.29, 1.82) is 0 Å². The van der Waals surface area contributed by atoms with Crippen molar-refractivity contribution in [2.24, 2.45) is 0 Å². The molecule has 7 heteroatoms. The van der Waals surface area contributed by atoms with Gasteiger partial charge in [0.15, 0.2) is 11.2 Å². The first-order valence-corrected chi connectivity index (χ1v) is 6.50. The molecule has 1 aromatic heterocycles. The Morgan fingerprint density at radius 3 is 2.32 bits per heavy atom. The third-order valence-electron chi connectivity index (χ3n) is 3.19. The molecule has 22 heavy (non-hydrogen) atoms. The molecule has 0 unspecified atom stereocenters. The minimum atomic E-state index is -1.42. The van der Waals surface area contributed by atoms with Gasteiger partial charge in [-0.05, 0) is 25.5 Å². The van der Waals surface area contributed by atoms with Gasteiger partial charge in [-0.15, -0.1) is 5.10 Å². The first-order chi connectivity index (χ1) is 10.3. The second kappa shape index (κ2) is 5.80. The van der Waals surface area contributed by atoms with Gasteiger partial charge in [-0.25, -0.2) is 14.3 Å². The van der Waals surface area contributed by atoms with Crippen LogP contribution in [-0.4, -0.2) is 37.1 Å². The lowest BCUT2D eigenvalue weighted by atomic mass is 10.1. The Hall–Kier alpha value is -2.96. The van der Waals surface area contributed by atoms with Crippen molar-refractivity contribution in [1.82, 2.24) is 15.0 Å². The number of carboxylic acid groups (broad SMARTS) is 2. The van der Waals surface area contributed by atoms with Crippen LogP contribution in [-0.2, 0) is 10.3 Å². The number of carboxylic acids is 2. The van der Waals surface area contributed by atoms with Gasteiger partial charge < -0.3 is 10.2 Å². The summed E-state index contributed by atoms with van der Waals surface area (Å²) in [4.78, 5) is 22.6. The first kappa shape index (κ1) is 15.4. The van der Waals surface area contributed by atoms with Crippen LogP contribution in [0.4, 0.5) is 0 Å². The normalized spacial score (nSPS) is 11.7. The van der Waals surface area contributed by atoms with E-state index in [0.717, 1.165) is 10.2 Å². The number of carbonyl (C=O) groups is 2. The van der Waals surface area contributed by atoms with E-state index in [2.05, 4.69) is 10.3 Å². The maximum Gasteiger partial charge on any atom is 0.358 e. The summed E-state index contributed by atoms with van der Waals surface area (Å²) in [6, 6.07) is 9.23. The van der Waals surface area contributed by atoms with Crippen LogP contribution < -0.4 is 0 Å².